The van der Waals surface area contributed by atoms with E-state index in [0.717, 1.165) is 4.31 Å². The zero-order valence-corrected chi connectivity index (χ0v) is 21.2. The molecule has 4 rings (SSSR count). The van der Waals surface area contributed by atoms with Gasteiger partial charge >= 0.3 is 18.5 Å². The van der Waals surface area contributed by atoms with Crippen molar-refractivity contribution in [3.63, 3.8) is 0 Å². The lowest BCUT2D eigenvalue weighted by Crippen LogP contribution is -2.38. The summed E-state index contributed by atoms with van der Waals surface area (Å²) in [6, 6.07) is 6.07. The summed E-state index contributed by atoms with van der Waals surface area (Å²) in [6.07, 6.45) is -12.2. The number of hydrogen-bond acceptors (Lipinski definition) is 7. The average Bonchev–Trinajstić information content (AvgIpc) is 3.48. The third-order valence-corrected chi connectivity index (χ3v) is 7.82. The first-order chi connectivity index (χ1) is 18.6. The van der Waals surface area contributed by atoms with Crippen LogP contribution in [0.5, 0.6) is 5.75 Å². The van der Waals surface area contributed by atoms with Crippen LogP contribution in [0.25, 0.3) is 11.5 Å². The molecule has 1 fully saturated rings. The number of halogens is 6. The molecule has 0 radical (unpaired) electrons. The number of sulfonamides is 1. The predicted molar refractivity (Wildman–Crippen MR) is 123 cm³/mol. The molecule has 1 aliphatic rings. The molecule has 1 N–H and O–H groups in total. The van der Waals surface area contributed by atoms with Gasteiger partial charge in [0, 0.05) is 18.5 Å². The summed E-state index contributed by atoms with van der Waals surface area (Å²) >= 11 is 0. The Labute approximate surface area is 223 Å². The minimum atomic E-state index is -5.04. The molecule has 0 bridgehead atoms. The Bertz CT molecular complexity index is 1470. The molecule has 0 saturated carbocycles. The van der Waals surface area contributed by atoms with Crippen molar-refractivity contribution in [3.05, 3.63) is 65.0 Å². The van der Waals surface area contributed by atoms with Crippen LogP contribution in [0.2, 0.25) is 0 Å². The van der Waals surface area contributed by atoms with Gasteiger partial charge in [-0.25, -0.2) is 18.2 Å². The maximum Gasteiger partial charge on any atom is 0.507 e. The largest absolute Gasteiger partial charge is 0.507 e. The molecule has 9 nitrogen and oxygen atoms in total. The van der Waals surface area contributed by atoms with Crippen LogP contribution in [-0.2, 0) is 33.7 Å². The van der Waals surface area contributed by atoms with Crippen LogP contribution < -0.4 is 4.74 Å². The molecule has 3 aromatic rings. The van der Waals surface area contributed by atoms with Gasteiger partial charge in [-0.2, -0.15) is 30.6 Å². The molecule has 216 valence electrons. The smallest absolute Gasteiger partial charge is 0.487 e. The molecule has 1 saturated heterocycles. The van der Waals surface area contributed by atoms with E-state index >= 15 is 0 Å². The van der Waals surface area contributed by atoms with Gasteiger partial charge < -0.3 is 19.0 Å². The van der Waals surface area contributed by atoms with Crippen LogP contribution in [0.4, 0.5) is 31.1 Å². The number of carboxylic acid groups (broad SMARTS) is 1. The van der Waals surface area contributed by atoms with Gasteiger partial charge in [-0.15, -0.1) is 0 Å². The van der Waals surface area contributed by atoms with Crippen molar-refractivity contribution in [1.29, 1.82) is 0 Å². The molecule has 1 aliphatic heterocycles. The van der Waals surface area contributed by atoms with Gasteiger partial charge in [0.1, 0.15) is 23.8 Å². The molecule has 0 unspecified atom stereocenters. The number of oxazole rings is 1. The van der Waals surface area contributed by atoms with Crippen LogP contribution in [0.3, 0.4) is 0 Å². The van der Waals surface area contributed by atoms with Crippen molar-refractivity contribution in [2.45, 2.75) is 49.8 Å². The van der Waals surface area contributed by atoms with E-state index in [1.54, 1.807) is 0 Å². The lowest BCUT2D eigenvalue weighted by molar-refractivity contribution is -0.143. The Hall–Kier alpha value is -3.79. The number of aryl methyl sites for hydroxylation is 1. The van der Waals surface area contributed by atoms with E-state index in [9.17, 15) is 39.6 Å². The van der Waals surface area contributed by atoms with Gasteiger partial charge in [-0.3, -0.25) is 0 Å². The molecule has 2 heterocycles. The minimum absolute atomic E-state index is 0.00373. The highest BCUT2D eigenvalue weighted by molar-refractivity contribution is 7.89. The van der Waals surface area contributed by atoms with Gasteiger partial charge in [0.2, 0.25) is 15.9 Å². The van der Waals surface area contributed by atoms with Gasteiger partial charge in [-0.1, -0.05) is 0 Å². The molecule has 0 aliphatic carbocycles. The van der Waals surface area contributed by atoms with E-state index in [2.05, 4.69) is 9.72 Å². The first-order valence-corrected chi connectivity index (χ1v) is 12.9. The minimum Gasteiger partial charge on any atom is -0.487 e. The normalized spacial score (nSPS) is 16.7. The summed E-state index contributed by atoms with van der Waals surface area (Å²) in [5.41, 5.74) is -3.48. The van der Waals surface area contributed by atoms with E-state index in [1.165, 1.54) is 31.2 Å². The average molecular weight is 594 g/mol. The number of benzene rings is 2. The second-order valence-corrected chi connectivity index (χ2v) is 10.6. The predicted octanol–water partition coefficient (Wildman–Crippen LogP) is 6.07. The summed E-state index contributed by atoms with van der Waals surface area (Å²) in [5, 5.41) is 8.83. The summed E-state index contributed by atoms with van der Waals surface area (Å²) in [4.78, 5) is 14.7. The summed E-state index contributed by atoms with van der Waals surface area (Å²) in [6.45, 7) is 1.17. The van der Waals surface area contributed by atoms with E-state index in [0.29, 0.717) is 18.6 Å². The highest BCUT2D eigenvalue weighted by Crippen LogP contribution is 2.39. The zero-order chi connectivity index (χ0) is 29.5. The Morgan fingerprint density at radius 2 is 1.68 bits per heavy atom. The SMILES string of the molecule is Cc1oc(-c2cc(C(F)(F)F)cc(C(F)(F)F)c2)nc1COc1ccc(S(=O)(=O)N2CCC[C@H]2OC(=O)O)cc1. The Balaban J connectivity index is 1.50. The van der Waals surface area contributed by atoms with Gasteiger partial charge in [0.15, 0.2) is 6.23 Å². The quantitative estimate of drug-likeness (QED) is 0.259. The number of aromatic nitrogens is 1. The lowest BCUT2D eigenvalue weighted by Gasteiger charge is -2.22. The molecule has 0 amide bonds. The summed E-state index contributed by atoms with van der Waals surface area (Å²) in [7, 11) is -4.08. The van der Waals surface area contributed by atoms with Crippen LogP contribution >= 0.6 is 0 Å². The molecule has 1 atom stereocenters. The summed E-state index contributed by atoms with van der Waals surface area (Å²) in [5.74, 6) is -0.224. The van der Waals surface area contributed by atoms with Crippen molar-refractivity contribution in [3.8, 4) is 17.2 Å². The van der Waals surface area contributed by atoms with Crippen molar-refractivity contribution < 1.29 is 58.6 Å². The van der Waals surface area contributed by atoms with Crippen LogP contribution in [-0.4, -0.2) is 41.7 Å². The van der Waals surface area contributed by atoms with Crippen LogP contribution in [0.15, 0.2) is 51.8 Å². The molecule has 16 heteroatoms. The van der Waals surface area contributed by atoms with Gasteiger partial charge in [-0.05, 0) is 55.8 Å². The van der Waals surface area contributed by atoms with Gasteiger partial charge in [0.05, 0.1) is 16.0 Å². The van der Waals surface area contributed by atoms with Crippen molar-refractivity contribution in [2.75, 3.05) is 6.54 Å². The Morgan fingerprint density at radius 3 is 2.23 bits per heavy atom. The van der Waals surface area contributed by atoms with Gasteiger partial charge in [0.25, 0.3) is 0 Å². The third kappa shape index (κ3) is 6.33. The molecule has 2 aromatic carbocycles. The monoisotopic (exact) mass is 594 g/mol. The van der Waals surface area contributed by atoms with Crippen molar-refractivity contribution in [1.82, 2.24) is 9.29 Å². The van der Waals surface area contributed by atoms with E-state index in [4.69, 9.17) is 14.3 Å². The molecule has 40 heavy (non-hydrogen) atoms. The molecule has 0 spiro atoms. The fraction of sp³-hybridized carbons (Fsp3) is 0.333. The van der Waals surface area contributed by atoms with Crippen LogP contribution in [0.1, 0.15) is 35.4 Å². The van der Waals surface area contributed by atoms with Crippen LogP contribution in [0, 0.1) is 6.92 Å². The third-order valence-electron chi connectivity index (χ3n) is 5.92. The van der Waals surface area contributed by atoms with Crippen molar-refractivity contribution >= 4 is 16.2 Å². The highest BCUT2D eigenvalue weighted by atomic mass is 32.2. The second-order valence-electron chi connectivity index (χ2n) is 8.67. The standard InChI is InChI=1S/C24H20F6N2O7S/c1-13-19(31-21(38-13)14-9-15(23(25,26)27)11-16(10-14)24(28,29)30)12-37-17-4-6-18(7-5-17)40(35,36)32-8-2-3-20(32)39-22(33)34/h4-7,9-11,20H,2-3,8,12H2,1H3,(H,33,34)/t20-/m1/s1. The Kier molecular flexibility index (Phi) is 7.77. The maximum absolute atomic E-state index is 13.2. The number of nitrogens with zero attached hydrogens (tertiary/aromatic N) is 2. The number of alkyl halides is 6. The number of ether oxygens (including phenoxy) is 2. The first-order valence-electron chi connectivity index (χ1n) is 11.5. The molecule has 1 aromatic heterocycles. The molecular formula is C24H20F6N2O7S. The fourth-order valence-corrected chi connectivity index (χ4v) is 5.56. The number of hydrogen-bond donors (Lipinski definition) is 1. The topological polar surface area (TPSA) is 119 Å². The van der Waals surface area contributed by atoms with Crippen molar-refractivity contribution in [2.24, 2.45) is 0 Å². The number of rotatable bonds is 7. The molecular weight excluding hydrogens is 574 g/mol. The van der Waals surface area contributed by atoms with E-state index < -0.39 is 57.3 Å². The van der Waals surface area contributed by atoms with E-state index in [1.807, 2.05) is 0 Å². The second kappa shape index (κ2) is 10.6. The number of carbonyl (C=O) groups is 1. The Morgan fingerprint density at radius 1 is 1.07 bits per heavy atom. The fourth-order valence-electron chi connectivity index (χ4n) is 3.98. The summed E-state index contributed by atoms with van der Waals surface area (Å²) < 4.78 is 121. The van der Waals surface area contributed by atoms with E-state index in [-0.39, 0.29) is 47.7 Å². The highest BCUT2D eigenvalue weighted by Gasteiger charge is 2.39. The zero-order valence-electron chi connectivity index (χ0n) is 20.4. The lowest BCUT2D eigenvalue weighted by atomic mass is 10.0. The maximum atomic E-state index is 13.2. The first kappa shape index (κ1) is 29.2.